The van der Waals surface area contributed by atoms with E-state index in [4.69, 9.17) is 11.5 Å². The number of nitrogen functional groups attached to an aromatic ring is 1. The fourth-order valence-electron chi connectivity index (χ4n) is 3.63. The molecule has 0 spiro atoms. The zero-order chi connectivity index (χ0) is 20.2. The predicted molar refractivity (Wildman–Crippen MR) is 116 cm³/mol. The molecule has 7 heteroatoms. The summed E-state index contributed by atoms with van der Waals surface area (Å²) in [6.07, 6.45) is 7.05. The molecule has 29 heavy (non-hydrogen) atoms. The minimum atomic E-state index is -0.363. The van der Waals surface area contributed by atoms with Gasteiger partial charge in [0.1, 0.15) is 0 Å². The van der Waals surface area contributed by atoms with Crippen molar-refractivity contribution in [2.45, 2.75) is 18.9 Å². The van der Waals surface area contributed by atoms with Crippen molar-refractivity contribution in [1.82, 2.24) is 9.97 Å². The maximum absolute atomic E-state index is 12.9. The molecule has 1 atom stereocenters. The first kappa shape index (κ1) is 18.9. The van der Waals surface area contributed by atoms with E-state index in [9.17, 15) is 4.79 Å². The number of rotatable bonds is 4. The summed E-state index contributed by atoms with van der Waals surface area (Å²) >= 11 is 0. The van der Waals surface area contributed by atoms with Gasteiger partial charge >= 0.3 is 0 Å². The number of hydrogen-bond donors (Lipinski definition) is 3. The third-order valence-corrected chi connectivity index (χ3v) is 5.08. The monoisotopic (exact) mass is 388 g/mol. The van der Waals surface area contributed by atoms with Crippen molar-refractivity contribution >= 4 is 23.0 Å². The first-order chi connectivity index (χ1) is 14.1. The molecule has 148 valence electrons. The highest BCUT2D eigenvalue weighted by Gasteiger charge is 2.21. The largest absolute Gasteiger partial charge is 0.397 e. The van der Waals surface area contributed by atoms with Crippen LogP contribution in [0.1, 0.15) is 23.3 Å². The SMILES string of the molecule is Nc1cc(-c2ccccc2)cnc1C(=O)Nc1cnccc1N1CCCC(N)C1. The van der Waals surface area contributed by atoms with Crippen LogP contribution in [-0.2, 0) is 0 Å². The van der Waals surface area contributed by atoms with Gasteiger partial charge in [-0.25, -0.2) is 4.98 Å². The van der Waals surface area contributed by atoms with Crippen LogP contribution >= 0.6 is 0 Å². The van der Waals surface area contributed by atoms with Gasteiger partial charge in [0.25, 0.3) is 5.91 Å². The molecule has 1 aromatic carbocycles. The number of hydrogen-bond acceptors (Lipinski definition) is 6. The van der Waals surface area contributed by atoms with Gasteiger partial charge in [-0.2, -0.15) is 0 Å². The summed E-state index contributed by atoms with van der Waals surface area (Å²) in [6.45, 7) is 1.64. The number of carbonyl (C=O) groups excluding carboxylic acids is 1. The summed E-state index contributed by atoms with van der Waals surface area (Å²) < 4.78 is 0. The second kappa shape index (κ2) is 8.28. The van der Waals surface area contributed by atoms with Gasteiger partial charge in [0.15, 0.2) is 5.69 Å². The second-order valence-electron chi connectivity index (χ2n) is 7.22. The lowest BCUT2D eigenvalue weighted by Gasteiger charge is -2.33. The van der Waals surface area contributed by atoms with Crippen LogP contribution in [0.25, 0.3) is 11.1 Å². The fraction of sp³-hybridized carbons (Fsp3) is 0.227. The van der Waals surface area contributed by atoms with Crippen LogP contribution in [0, 0.1) is 0 Å². The van der Waals surface area contributed by atoms with E-state index in [2.05, 4.69) is 20.2 Å². The Balaban J connectivity index is 1.56. The van der Waals surface area contributed by atoms with E-state index >= 15 is 0 Å². The molecule has 1 aliphatic rings. The molecule has 3 aromatic rings. The fourth-order valence-corrected chi connectivity index (χ4v) is 3.63. The minimum absolute atomic E-state index is 0.128. The van der Waals surface area contributed by atoms with Crippen LogP contribution in [0.4, 0.5) is 17.1 Å². The lowest BCUT2D eigenvalue weighted by molar-refractivity contribution is 0.102. The third-order valence-electron chi connectivity index (χ3n) is 5.08. The number of nitrogens with one attached hydrogen (secondary N) is 1. The number of aromatic nitrogens is 2. The van der Waals surface area contributed by atoms with Crippen molar-refractivity contribution in [3.05, 3.63) is 66.7 Å². The average molecular weight is 388 g/mol. The van der Waals surface area contributed by atoms with Crippen LogP contribution in [0.15, 0.2) is 61.1 Å². The van der Waals surface area contributed by atoms with Crippen LogP contribution in [0.2, 0.25) is 0 Å². The summed E-state index contributed by atoms with van der Waals surface area (Å²) in [7, 11) is 0. The van der Waals surface area contributed by atoms with Gasteiger partial charge < -0.3 is 21.7 Å². The summed E-state index contributed by atoms with van der Waals surface area (Å²) in [6, 6.07) is 13.6. The molecule has 7 nitrogen and oxygen atoms in total. The van der Waals surface area contributed by atoms with Gasteiger partial charge in [-0.15, -0.1) is 0 Å². The van der Waals surface area contributed by atoms with Crippen molar-refractivity contribution in [3.63, 3.8) is 0 Å². The molecule has 0 radical (unpaired) electrons. The Morgan fingerprint density at radius 2 is 1.97 bits per heavy atom. The van der Waals surface area contributed by atoms with Crippen molar-refractivity contribution in [3.8, 4) is 11.1 Å². The Morgan fingerprint density at radius 3 is 2.72 bits per heavy atom. The van der Waals surface area contributed by atoms with Crippen LogP contribution < -0.4 is 21.7 Å². The molecule has 5 N–H and O–H groups in total. The van der Waals surface area contributed by atoms with Crippen LogP contribution in [0.5, 0.6) is 0 Å². The number of amides is 1. The maximum Gasteiger partial charge on any atom is 0.276 e. The number of pyridine rings is 2. The molecule has 0 saturated carbocycles. The molecule has 0 bridgehead atoms. The van der Waals surface area contributed by atoms with E-state index in [1.54, 1.807) is 24.7 Å². The summed E-state index contributed by atoms with van der Waals surface area (Å²) in [5.41, 5.74) is 16.2. The number of nitrogens with two attached hydrogens (primary N) is 2. The standard InChI is InChI=1S/C22H24N6O/c23-17-7-4-10-28(14-17)20-8-9-25-13-19(20)27-22(29)21-18(24)11-16(12-26-21)15-5-2-1-3-6-15/h1-3,5-6,8-9,11-13,17H,4,7,10,14,23-24H2,(H,27,29). The predicted octanol–water partition coefficient (Wildman–Crippen LogP) is 2.91. The molecule has 2 aromatic heterocycles. The molecule has 3 heterocycles. The van der Waals surface area contributed by atoms with Crippen molar-refractivity contribution in [1.29, 1.82) is 0 Å². The molecule has 4 rings (SSSR count). The van der Waals surface area contributed by atoms with E-state index < -0.39 is 0 Å². The lowest BCUT2D eigenvalue weighted by Crippen LogP contribution is -2.43. The maximum atomic E-state index is 12.9. The van der Waals surface area contributed by atoms with Gasteiger partial charge in [0.05, 0.1) is 23.3 Å². The minimum Gasteiger partial charge on any atom is -0.397 e. The van der Waals surface area contributed by atoms with E-state index in [1.165, 1.54) is 0 Å². The molecule has 1 unspecified atom stereocenters. The highest BCUT2D eigenvalue weighted by atomic mass is 16.1. The highest BCUT2D eigenvalue weighted by Crippen LogP contribution is 2.28. The smallest absolute Gasteiger partial charge is 0.276 e. The third kappa shape index (κ3) is 4.20. The molecule has 1 amide bonds. The normalized spacial score (nSPS) is 16.4. The van der Waals surface area contributed by atoms with Gasteiger partial charge in [0.2, 0.25) is 0 Å². The van der Waals surface area contributed by atoms with Gasteiger partial charge in [-0.3, -0.25) is 9.78 Å². The molecule has 1 aliphatic heterocycles. The molecule has 1 fully saturated rings. The first-order valence-electron chi connectivity index (χ1n) is 9.68. The van der Waals surface area contributed by atoms with Crippen LogP contribution in [-0.4, -0.2) is 35.0 Å². The Morgan fingerprint density at radius 1 is 1.14 bits per heavy atom. The van der Waals surface area contributed by atoms with Crippen molar-refractivity contribution in [2.75, 3.05) is 29.0 Å². The van der Waals surface area contributed by atoms with E-state index in [0.717, 1.165) is 42.7 Å². The van der Waals surface area contributed by atoms with E-state index in [1.807, 2.05) is 36.4 Å². The first-order valence-corrected chi connectivity index (χ1v) is 9.68. The lowest BCUT2D eigenvalue weighted by atomic mass is 10.1. The Kier molecular flexibility index (Phi) is 5.39. The Bertz CT molecular complexity index is 1010. The topological polar surface area (TPSA) is 110 Å². The molecular formula is C22H24N6O. The van der Waals surface area contributed by atoms with Crippen molar-refractivity contribution < 1.29 is 4.79 Å². The number of nitrogens with zero attached hydrogens (tertiary/aromatic N) is 3. The van der Waals surface area contributed by atoms with Gasteiger partial charge in [0, 0.05) is 37.1 Å². The molecular weight excluding hydrogens is 364 g/mol. The summed E-state index contributed by atoms with van der Waals surface area (Å²) in [5, 5.41) is 2.91. The zero-order valence-electron chi connectivity index (χ0n) is 16.1. The number of anilines is 3. The summed E-state index contributed by atoms with van der Waals surface area (Å²) in [5.74, 6) is -0.363. The summed E-state index contributed by atoms with van der Waals surface area (Å²) in [4.78, 5) is 23.5. The molecule has 0 aliphatic carbocycles. The van der Waals surface area contributed by atoms with E-state index in [0.29, 0.717) is 11.4 Å². The Hall–Kier alpha value is -3.45. The molecule has 1 saturated heterocycles. The van der Waals surface area contributed by atoms with Gasteiger partial charge in [-0.1, -0.05) is 30.3 Å². The zero-order valence-corrected chi connectivity index (χ0v) is 16.1. The highest BCUT2D eigenvalue weighted by molar-refractivity contribution is 6.07. The second-order valence-corrected chi connectivity index (χ2v) is 7.22. The van der Waals surface area contributed by atoms with Crippen molar-refractivity contribution in [2.24, 2.45) is 5.73 Å². The quantitative estimate of drug-likeness (QED) is 0.634. The van der Waals surface area contributed by atoms with Crippen LogP contribution in [0.3, 0.4) is 0 Å². The van der Waals surface area contributed by atoms with E-state index in [-0.39, 0.29) is 17.6 Å². The Labute approximate surface area is 169 Å². The number of benzene rings is 1. The average Bonchev–Trinajstić information content (AvgIpc) is 2.74. The number of piperidine rings is 1. The van der Waals surface area contributed by atoms with Gasteiger partial charge in [-0.05, 0) is 30.5 Å². The number of carbonyl (C=O) groups is 1.